The Labute approximate surface area is 117 Å². The third kappa shape index (κ3) is 2.99. The molecule has 1 heterocycles. The first-order chi connectivity index (χ1) is 9.49. The van der Waals surface area contributed by atoms with E-state index >= 15 is 0 Å². The molecule has 0 fully saturated rings. The molecular formula is C15H18N2O3. The summed E-state index contributed by atoms with van der Waals surface area (Å²) in [5.74, 6) is -0.770. The van der Waals surface area contributed by atoms with E-state index < -0.39 is 5.97 Å². The molecule has 2 aromatic rings. The van der Waals surface area contributed by atoms with Gasteiger partial charge in [-0.3, -0.25) is 9.36 Å². The van der Waals surface area contributed by atoms with Crippen LogP contribution in [0.5, 0.6) is 0 Å². The van der Waals surface area contributed by atoms with E-state index in [9.17, 15) is 9.59 Å². The van der Waals surface area contributed by atoms with Gasteiger partial charge in [-0.1, -0.05) is 12.1 Å². The molecule has 0 saturated heterocycles. The molecule has 5 nitrogen and oxygen atoms in total. The van der Waals surface area contributed by atoms with Crippen molar-refractivity contribution in [3.63, 3.8) is 0 Å². The van der Waals surface area contributed by atoms with Crippen molar-refractivity contribution in [1.82, 2.24) is 9.13 Å². The van der Waals surface area contributed by atoms with E-state index in [1.807, 2.05) is 31.2 Å². The van der Waals surface area contributed by atoms with E-state index in [0.29, 0.717) is 6.42 Å². The number of carboxylic acids is 1. The first-order valence-corrected chi connectivity index (χ1v) is 6.55. The van der Waals surface area contributed by atoms with Crippen LogP contribution in [0.3, 0.4) is 0 Å². The molecule has 0 radical (unpaired) electrons. The number of nitrogens with zero attached hydrogens (tertiary/aromatic N) is 2. The van der Waals surface area contributed by atoms with Crippen molar-refractivity contribution in [2.45, 2.75) is 26.2 Å². The molecule has 2 rings (SSSR count). The third-order valence-corrected chi connectivity index (χ3v) is 3.28. The first kappa shape index (κ1) is 14.1. The third-order valence-electron chi connectivity index (χ3n) is 3.28. The zero-order chi connectivity index (χ0) is 14.7. The molecule has 1 N–H and O–H groups in total. The summed E-state index contributed by atoms with van der Waals surface area (Å²) in [6, 6.07) is 7.67. The number of hydrogen-bond acceptors (Lipinski definition) is 2. The number of aliphatic carboxylic acids is 1. The van der Waals surface area contributed by atoms with Gasteiger partial charge in [-0.2, -0.15) is 0 Å². The summed E-state index contributed by atoms with van der Waals surface area (Å²) in [5, 5.41) is 8.61. The molecule has 0 unspecified atom stereocenters. The fraction of sp³-hybridized carbons (Fsp3) is 0.333. The molecule has 1 aromatic heterocycles. The van der Waals surface area contributed by atoms with Crippen LogP contribution in [0.25, 0.3) is 5.69 Å². The Morgan fingerprint density at radius 3 is 2.40 bits per heavy atom. The average molecular weight is 274 g/mol. The Kier molecular flexibility index (Phi) is 4.08. The number of aryl methyl sites for hydroxylation is 3. The van der Waals surface area contributed by atoms with Gasteiger partial charge in [-0.05, 0) is 37.5 Å². The van der Waals surface area contributed by atoms with Crippen LogP contribution in [0.15, 0.2) is 35.3 Å². The van der Waals surface area contributed by atoms with Crippen LogP contribution >= 0.6 is 0 Å². The normalized spacial score (nSPS) is 10.7. The van der Waals surface area contributed by atoms with Crippen molar-refractivity contribution in [3.8, 4) is 5.69 Å². The summed E-state index contributed by atoms with van der Waals surface area (Å²) in [7, 11) is 1.73. The Bertz CT molecular complexity index is 665. The molecule has 0 aliphatic rings. The van der Waals surface area contributed by atoms with Crippen LogP contribution in [-0.2, 0) is 18.3 Å². The number of hydrogen-bond donors (Lipinski definition) is 1. The largest absolute Gasteiger partial charge is 0.481 e. The van der Waals surface area contributed by atoms with Crippen molar-refractivity contribution in [2.75, 3.05) is 0 Å². The molecule has 1 aromatic carbocycles. The number of carbonyl (C=O) groups is 1. The lowest BCUT2D eigenvalue weighted by molar-refractivity contribution is -0.137. The lowest BCUT2D eigenvalue weighted by Crippen LogP contribution is -2.21. The van der Waals surface area contributed by atoms with Gasteiger partial charge in [0.15, 0.2) is 0 Å². The standard InChI is InChI=1S/C15H18N2O3/c1-11-10-16(2)15(20)17(11)13-8-6-12(7-9-13)4-3-5-14(18)19/h6-10H,3-5H2,1-2H3,(H,18,19). The molecule has 0 bridgehead atoms. The van der Waals surface area contributed by atoms with Gasteiger partial charge in [-0.15, -0.1) is 0 Å². The van der Waals surface area contributed by atoms with Gasteiger partial charge in [0.2, 0.25) is 0 Å². The van der Waals surface area contributed by atoms with Crippen molar-refractivity contribution in [1.29, 1.82) is 0 Å². The number of aromatic nitrogens is 2. The average Bonchev–Trinajstić information content (AvgIpc) is 2.64. The van der Waals surface area contributed by atoms with Gasteiger partial charge in [0.1, 0.15) is 0 Å². The zero-order valence-electron chi connectivity index (χ0n) is 11.7. The maximum atomic E-state index is 12.0. The predicted octanol–water partition coefficient (Wildman–Crippen LogP) is 1.89. The van der Waals surface area contributed by atoms with Gasteiger partial charge in [-0.25, -0.2) is 4.79 Å². The monoisotopic (exact) mass is 274 g/mol. The van der Waals surface area contributed by atoms with E-state index in [-0.39, 0.29) is 12.1 Å². The highest BCUT2D eigenvalue weighted by atomic mass is 16.4. The van der Waals surface area contributed by atoms with Crippen LogP contribution in [0.2, 0.25) is 0 Å². The molecule has 0 aliphatic heterocycles. The van der Waals surface area contributed by atoms with Crippen molar-refractivity contribution in [2.24, 2.45) is 7.05 Å². The Hall–Kier alpha value is -2.30. The maximum Gasteiger partial charge on any atom is 0.332 e. The molecule has 0 spiro atoms. The van der Waals surface area contributed by atoms with Crippen molar-refractivity contribution < 1.29 is 9.90 Å². The topological polar surface area (TPSA) is 64.2 Å². The molecule has 106 valence electrons. The van der Waals surface area contributed by atoms with Crippen LogP contribution < -0.4 is 5.69 Å². The molecule has 20 heavy (non-hydrogen) atoms. The second-order valence-corrected chi connectivity index (χ2v) is 4.91. The maximum absolute atomic E-state index is 12.0. The van der Waals surface area contributed by atoms with Gasteiger partial charge in [0, 0.05) is 25.4 Å². The van der Waals surface area contributed by atoms with Crippen LogP contribution in [0.1, 0.15) is 24.1 Å². The van der Waals surface area contributed by atoms with Crippen molar-refractivity contribution >= 4 is 5.97 Å². The van der Waals surface area contributed by atoms with Gasteiger partial charge >= 0.3 is 11.7 Å². The highest BCUT2D eigenvalue weighted by Crippen LogP contribution is 2.12. The van der Waals surface area contributed by atoms with Gasteiger partial charge < -0.3 is 9.67 Å². The fourth-order valence-corrected chi connectivity index (χ4v) is 2.27. The van der Waals surface area contributed by atoms with Crippen LogP contribution in [-0.4, -0.2) is 20.2 Å². The molecule has 0 atom stereocenters. The fourth-order valence-electron chi connectivity index (χ4n) is 2.27. The Balaban J connectivity index is 2.16. The van der Waals surface area contributed by atoms with E-state index in [1.54, 1.807) is 22.4 Å². The molecule has 5 heteroatoms. The smallest absolute Gasteiger partial charge is 0.332 e. The van der Waals surface area contributed by atoms with E-state index in [2.05, 4.69) is 0 Å². The summed E-state index contributed by atoms with van der Waals surface area (Å²) in [6.45, 7) is 1.89. The van der Waals surface area contributed by atoms with Crippen LogP contribution in [0.4, 0.5) is 0 Å². The second kappa shape index (κ2) is 5.77. The van der Waals surface area contributed by atoms with Crippen molar-refractivity contribution in [3.05, 3.63) is 52.2 Å². The second-order valence-electron chi connectivity index (χ2n) is 4.91. The minimum Gasteiger partial charge on any atom is -0.481 e. The van der Waals surface area contributed by atoms with Gasteiger partial charge in [0.05, 0.1) is 5.69 Å². The number of carboxylic acid groups (broad SMARTS) is 1. The SMILES string of the molecule is Cc1cn(C)c(=O)n1-c1ccc(CCCC(=O)O)cc1. The minimum absolute atomic E-state index is 0.0684. The summed E-state index contributed by atoms with van der Waals surface area (Å²) < 4.78 is 3.21. The molecule has 0 aliphatic carbocycles. The summed E-state index contributed by atoms with van der Waals surface area (Å²) in [4.78, 5) is 22.4. The summed E-state index contributed by atoms with van der Waals surface area (Å²) in [5.41, 5.74) is 2.73. The Morgan fingerprint density at radius 2 is 1.90 bits per heavy atom. The minimum atomic E-state index is -0.770. The number of rotatable bonds is 5. The highest BCUT2D eigenvalue weighted by Gasteiger charge is 2.07. The number of benzene rings is 1. The zero-order valence-corrected chi connectivity index (χ0v) is 11.7. The number of imidazole rings is 1. The van der Waals surface area contributed by atoms with E-state index in [1.165, 1.54) is 0 Å². The van der Waals surface area contributed by atoms with Crippen LogP contribution in [0, 0.1) is 6.92 Å². The predicted molar refractivity (Wildman–Crippen MR) is 76.3 cm³/mol. The lowest BCUT2D eigenvalue weighted by Gasteiger charge is -2.06. The molecule has 0 amide bonds. The van der Waals surface area contributed by atoms with Gasteiger partial charge in [0.25, 0.3) is 0 Å². The summed E-state index contributed by atoms with van der Waals surface area (Å²) >= 11 is 0. The van der Waals surface area contributed by atoms with E-state index in [4.69, 9.17) is 5.11 Å². The first-order valence-electron chi connectivity index (χ1n) is 6.55. The van der Waals surface area contributed by atoms with E-state index in [0.717, 1.165) is 23.4 Å². The Morgan fingerprint density at radius 1 is 1.25 bits per heavy atom. The lowest BCUT2D eigenvalue weighted by atomic mass is 10.1. The molecule has 0 saturated carbocycles. The quantitative estimate of drug-likeness (QED) is 0.905. The molecular weight excluding hydrogens is 256 g/mol. The summed E-state index contributed by atoms with van der Waals surface area (Å²) in [6.07, 6.45) is 3.33. The highest BCUT2D eigenvalue weighted by molar-refractivity contribution is 5.66.